The van der Waals surface area contributed by atoms with E-state index in [9.17, 15) is 17.6 Å². The predicted octanol–water partition coefficient (Wildman–Crippen LogP) is 2.78. The maximum Gasteiger partial charge on any atom is 0.416 e. The lowest BCUT2D eigenvalue weighted by Gasteiger charge is -2.12. The lowest BCUT2D eigenvalue weighted by atomic mass is 10.0. The lowest BCUT2D eigenvalue weighted by Crippen LogP contribution is -2.11. The van der Waals surface area contributed by atoms with E-state index in [0.29, 0.717) is 6.07 Å². The van der Waals surface area contributed by atoms with Crippen molar-refractivity contribution in [3.05, 3.63) is 34.6 Å². The molecular weight excluding hydrogens is 224 g/mol. The van der Waals surface area contributed by atoms with Crippen molar-refractivity contribution < 1.29 is 17.6 Å². The van der Waals surface area contributed by atoms with E-state index in [-0.39, 0.29) is 0 Å². The van der Waals surface area contributed by atoms with Gasteiger partial charge in [-0.05, 0) is 12.1 Å². The van der Waals surface area contributed by atoms with Gasteiger partial charge >= 0.3 is 6.18 Å². The van der Waals surface area contributed by atoms with Gasteiger partial charge in [0.2, 0.25) is 0 Å². The van der Waals surface area contributed by atoms with Gasteiger partial charge in [0, 0.05) is 5.56 Å². The second kappa shape index (κ2) is 4.19. The zero-order valence-electron chi connectivity index (χ0n) is 7.77. The molecule has 0 saturated heterocycles. The molecule has 0 saturated carbocycles. The Balaban J connectivity index is 3.49. The van der Waals surface area contributed by atoms with Crippen LogP contribution in [0.25, 0.3) is 0 Å². The minimum Gasteiger partial charge on any atom is -0.205 e. The Morgan fingerprint density at radius 2 is 1.81 bits per heavy atom. The molecule has 0 aliphatic heterocycles. The topological polar surface area (TPSA) is 47.6 Å². The van der Waals surface area contributed by atoms with Crippen molar-refractivity contribution in [2.45, 2.75) is 12.6 Å². The van der Waals surface area contributed by atoms with Crippen LogP contribution in [0.3, 0.4) is 0 Å². The van der Waals surface area contributed by atoms with E-state index in [0.717, 1.165) is 6.07 Å². The third-order valence-electron chi connectivity index (χ3n) is 1.92. The quantitative estimate of drug-likeness (QED) is 0.694. The molecule has 2 nitrogen and oxygen atoms in total. The minimum absolute atomic E-state index is 0.502. The smallest absolute Gasteiger partial charge is 0.205 e. The molecule has 0 radical (unpaired) electrons. The molecule has 0 bridgehead atoms. The first-order valence-electron chi connectivity index (χ1n) is 4.07. The van der Waals surface area contributed by atoms with E-state index >= 15 is 0 Å². The summed E-state index contributed by atoms with van der Waals surface area (Å²) in [6.45, 7) is 0. The molecule has 0 unspecified atom stereocenters. The number of benzene rings is 1. The SMILES string of the molecule is N#CCc1c(C(F)(F)F)ccc(C#N)c1F. The van der Waals surface area contributed by atoms with Crippen LogP contribution in [-0.4, -0.2) is 0 Å². The molecule has 6 heteroatoms. The fraction of sp³-hybridized carbons (Fsp3) is 0.200. The number of nitriles is 2. The summed E-state index contributed by atoms with van der Waals surface area (Å²) in [5.41, 5.74) is -2.50. The molecule has 0 aromatic heterocycles. The number of rotatable bonds is 1. The molecule has 0 aliphatic rings. The summed E-state index contributed by atoms with van der Waals surface area (Å²) in [5.74, 6) is -1.28. The molecule has 1 aromatic carbocycles. The average molecular weight is 228 g/mol. The van der Waals surface area contributed by atoms with Gasteiger partial charge in [0.05, 0.1) is 23.6 Å². The fourth-order valence-electron chi connectivity index (χ4n) is 1.23. The maximum atomic E-state index is 13.4. The van der Waals surface area contributed by atoms with Gasteiger partial charge in [-0.1, -0.05) is 0 Å². The number of hydrogen-bond donors (Lipinski definition) is 0. The van der Waals surface area contributed by atoms with Gasteiger partial charge in [-0.2, -0.15) is 23.7 Å². The van der Waals surface area contributed by atoms with Gasteiger partial charge in [-0.25, -0.2) is 4.39 Å². The summed E-state index contributed by atoms with van der Waals surface area (Å²) in [6.07, 6.45) is -5.46. The molecule has 0 amide bonds. The van der Waals surface area contributed by atoms with E-state index in [2.05, 4.69) is 0 Å². The van der Waals surface area contributed by atoms with Gasteiger partial charge in [-0.3, -0.25) is 0 Å². The van der Waals surface area contributed by atoms with Crippen LogP contribution >= 0.6 is 0 Å². The first-order chi connectivity index (χ1) is 7.41. The summed E-state index contributed by atoms with van der Waals surface area (Å²) >= 11 is 0. The van der Waals surface area contributed by atoms with Gasteiger partial charge in [0.25, 0.3) is 0 Å². The zero-order chi connectivity index (χ0) is 12.3. The first kappa shape index (κ1) is 12.0. The van der Waals surface area contributed by atoms with E-state index in [4.69, 9.17) is 10.5 Å². The normalized spacial score (nSPS) is 10.6. The third kappa shape index (κ3) is 2.12. The Hall–Kier alpha value is -2.08. The summed E-state index contributed by atoms with van der Waals surface area (Å²) < 4.78 is 50.7. The Morgan fingerprint density at radius 3 is 2.25 bits per heavy atom. The molecule has 0 spiro atoms. The minimum atomic E-state index is -4.74. The van der Waals surface area contributed by atoms with Crippen molar-refractivity contribution in [1.82, 2.24) is 0 Å². The second-order valence-electron chi connectivity index (χ2n) is 2.90. The Kier molecular flexibility index (Phi) is 3.14. The molecular formula is C10H4F4N2. The molecule has 0 heterocycles. The van der Waals surface area contributed by atoms with E-state index in [1.807, 2.05) is 0 Å². The van der Waals surface area contributed by atoms with E-state index < -0.39 is 35.1 Å². The molecule has 1 aromatic rings. The van der Waals surface area contributed by atoms with Crippen LogP contribution in [0.2, 0.25) is 0 Å². The first-order valence-corrected chi connectivity index (χ1v) is 4.07. The average Bonchev–Trinajstić information content (AvgIpc) is 2.19. The Bertz CT molecular complexity index is 491. The summed E-state index contributed by atoms with van der Waals surface area (Å²) in [4.78, 5) is 0. The molecule has 0 N–H and O–H groups in total. The largest absolute Gasteiger partial charge is 0.416 e. The van der Waals surface area contributed by atoms with Crippen LogP contribution in [0.15, 0.2) is 12.1 Å². The number of alkyl halides is 3. The monoisotopic (exact) mass is 228 g/mol. The standard InChI is InChI=1S/C10H4F4N2/c11-9-6(5-16)1-2-8(10(12,13)14)7(9)3-4-15/h1-2H,3H2. The van der Waals surface area contributed by atoms with Crippen molar-refractivity contribution >= 4 is 0 Å². The predicted molar refractivity (Wildman–Crippen MR) is 45.4 cm³/mol. The highest BCUT2D eigenvalue weighted by Crippen LogP contribution is 2.34. The van der Waals surface area contributed by atoms with Crippen LogP contribution in [0.5, 0.6) is 0 Å². The summed E-state index contributed by atoms with van der Waals surface area (Å²) in [7, 11) is 0. The van der Waals surface area contributed by atoms with Crippen molar-refractivity contribution in [3.63, 3.8) is 0 Å². The number of nitrogens with zero attached hydrogens (tertiary/aromatic N) is 2. The fourth-order valence-corrected chi connectivity index (χ4v) is 1.23. The van der Waals surface area contributed by atoms with Crippen LogP contribution in [0.1, 0.15) is 16.7 Å². The Morgan fingerprint density at radius 1 is 1.19 bits per heavy atom. The van der Waals surface area contributed by atoms with Gasteiger partial charge in [0.1, 0.15) is 11.9 Å². The van der Waals surface area contributed by atoms with Crippen molar-refractivity contribution in [2.24, 2.45) is 0 Å². The van der Waals surface area contributed by atoms with Gasteiger partial charge in [-0.15, -0.1) is 0 Å². The highest BCUT2D eigenvalue weighted by atomic mass is 19.4. The lowest BCUT2D eigenvalue weighted by molar-refractivity contribution is -0.138. The Labute approximate surface area is 88.3 Å². The highest BCUT2D eigenvalue weighted by molar-refractivity contribution is 5.42. The third-order valence-corrected chi connectivity index (χ3v) is 1.92. The van der Waals surface area contributed by atoms with Crippen molar-refractivity contribution in [1.29, 1.82) is 10.5 Å². The molecule has 82 valence electrons. The molecule has 0 atom stereocenters. The number of halogens is 4. The van der Waals surface area contributed by atoms with Crippen LogP contribution in [-0.2, 0) is 12.6 Å². The maximum absolute atomic E-state index is 13.4. The zero-order valence-corrected chi connectivity index (χ0v) is 7.77. The summed E-state index contributed by atoms with van der Waals surface area (Å²) in [6, 6.07) is 4.21. The highest BCUT2D eigenvalue weighted by Gasteiger charge is 2.35. The summed E-state index contributed by atoms with van der Waals surface area (Å²) in [5, 5.41) is 16.8. The molecule has 1 rings (SSSR count). The van der Waals surface area contributed by atoms with Crippen molar-refractivity contribution in [3.8, 4) is 12.1 Å². The van der Waals surface area contributed by atoms with Gasteiger partial charge < -0.3 is 0 Å². The second-order valence-corrected chi connectivity index (χ2v) is 2.90. The van der Waals surface area contributed by atoms with E-state index in [1.54, 1.807) is 0 Å². The van der Waals surface area contributed by atoms with Gasteiger partial charge in [0.15, 0.2) is 0 Å². The molecule has 0 fully saturated rings. The molecule has 16 heavy (non-hydrogen) atoms. The van der Waals surface area contributed by atoms with Crippen LogP contribution < -0.4 is 0 Å². The van der Waals surface area contributed by atoms with Crippen LogP contribution in [0, 0.1) is 28.5 Å². The van der Waals surface area contributed by atoms with Crippen molar-refractivity contribution in [2.75, 3.05) is 0 Å². The number of hydrogen-bond acceptors (Lipinski definition) is 2. The van der Waals surface area contributed by atoms with E-state index in [1.165, 1.54) is 12.1 Å². The van der Waals surface area contributed by atoms with Crippen LogP contribution in [0.4, 0.5) is 17.6 Å². The molecule has 0 aliphatic carbocycles.